The molecule has 100 valence electrons. The van der Waals surface area contributed by atoms with E-state index in [9.17, 15) is 20.1 Å². The van der Waals surface area contributed by atoms with Crippen molar-refractivity contribution in [2.24, 2.45) is 0 Å². The fourth-order valence-electron chi connectivity index (χ4n) is 1.67. The lowest BCUT2D eigenvalue weighted by atomic mass is 9.97. The number of carbonyl (C=O) groups excluding carboxylic acids is 1. The molecule has 5 N–H and O–H groups in total. The molecule has 0 aromatic carbocycles. The van der Waals surface area contributed by atoms with Gasteiger partial charge in [0, 0.05) is 6.42 Å². The highest BCUT2D eigenvalue weighted by Gasteiger charge is 2.44. The van der Waals surface area contributed by atoms with E-state index in [4.69, 9.17) is 11.3 Å². The fourth-order valence-corrected chi connectivity index (χ4v) is 1.67. The third kappa shape index (κ3) is 3.36. The zero-order valence-electron chi connectivity index (χ0n) is 10.6. The van der Waals surface area contributed by atoms with E-state index in [-0.39, 0.29) is 6.42 Å². The summed E-state index contributed by atoms with van der Waals surface area (Å²) < 4.78 is 12.4. The van der Waals surface area contributed by atoms with Crippen LogP contribution in [0.5, 0.6) is 0 Å². The second-order valence-electron chi connectivity index (χ2n) is 3.99. The SMILES string of the molecule is [2H]N(C(=O)CCC)[C@H]1C(O)O[C@H](CO)[C@@H](O)[C@@H]1O. The largest absolute Gasteiger partial charge is 0.394 e. The van der Waals surface area contributed by atoms with Gasteiger partial charge in [-0.15, -0.1) is 0 Å². The second kappa shape index (κ2) is 6.27. The molecule has 0 saturated carbocycles. The normalized spacial score (nSPS) is 38.6. The van der Waals surface area contributed by atoms with Gasteiger partial charge < -0.3 is 30.5 Å². The van der Waals surface area contributed by atoms with Crippen LogP contribution in [-0.4, -0.2) is 63.6 Å². The van der Waals surface area contributed by atoms with Gasteiger partial charge in [-0.1, -0.05) is 6.92 Å². The number of ether oxygens (including phenoxy) is 1. The van der Waals surface area contributed by atoms with Crippen molar-refractivity contribution in [1.29, 1.82) is 0 Å². The Kier molecular flexibility index (Phi) is 4.69. The monoisotopic (exact) mass is 250 g/mol. The van der Waals surface area contributed by atoms with E-state index in [0.29, 0.717) is 11.7 Å². The van der Waals surface area contributed by atoms with Gasteiger partial charge >= 0.3 is 0 Å². The van der Waals surface area contributed by atoms with Gasteiger partial charge in [-0.25, -0.2) is 0 Å². The fraction of sp³-hybridized carbons (Fsp3) is 0.900. The van der Waals surface area contributed by atoms with Crippen LogP contribution in [0.25, 0.3) is 0 Å². The first-order chi connectivity index (χ1) is 8.43. The minimum absolute atomic E-state index is 0.0962. The zero-order chi connectivity index (χ0) is 13.9. The van der Waals surface area contributed by atoms with Gasteiger partial charge in [-0.05, 0) is 6.42 Å². The molecule has 1 unspecified atom stereocenters. The highest BCUT2D eigenvalue weighted by molar-refractivity contribution is 5.76. The van der Waals surface area contributed by atoms with Crippen molar-refractivity contribution in [3.8, 4) is 0 Å². The van der Waals surface area contributed by atoms with Gasteiger partial charge in [-0.3, -0.25) is 4.79 Å². The molecule has 1 rings (SSSR count). The lowest BCUT2D eigenvalue weighted by Crippen LogP contribution is -2.64. The molecule has 0 spiro atoms. The summed E-state index contributed by atoms with van der Waals surface area (Å²) in [6.45, 7) is 1.18. The molecular weight excluding hydrogens is 230 g/mol. The van der Waals surface area contributed by atoms with Crippen molar-refractivity contribution in [2.45, 2.75) is 50.4 Å². The molecule has 0 aliphatic carbocycles. The third-order valence-electron chi connectivity index (χ3n) is 2.62. The van der Waals surface area contributed by atoms with E-state index >= 15 is 0 Å². The average Bonchev–Trinajstić information content (AvgIpc) is 2.34. The van der Waals surface area contributed by atoms with Crippen LogP contribution in [0.3, 0.4) is 0 Å². The molecule has 0 radical (unpaired) electrons. The molecule has 0 aromatic rings. The van der Waals surface area contributed by atoms with Crippen molar-refractivity contribution in [3.63, 3.8) is 0 Å². The van der Waals surface area contributed by atoms with Gasteiger partial charge in [0.05, 0.1) is 6.61 Å². The summed E-state index contributed by atoms with van der Waals surface area (Å²) in [5, 5.41) is 38.3. The van der Waals surface area contributed by atoms with Gasteiger partial charge in [-0.2, -0.15) is 0 Å². The van der Waals surface area contributed by atoms with Crippen molar-refractivity contribution >= 4 is 5.91 Å². The molecule has 0 bridgehead atoms. The van der Waals surface area contributed by atoms with Gasteiger partial charge in [0.25, 0.3) is 0 Å². The lowest BCUT2D eigenvalue weighted by molar-refractivity contribution is -0.253. The van der Waals surface area contributed by atoms with Crippen molar-refractivity contribution in [2.75, 3.05) is 6.61 Å². The Morgan fingerprint density at radius 3 is 2.59 bits per heavy atom. The number of aliphatic hydroxyl groups excluding tert-OH is 4. The Balaban J connectivity index is 2.78. The number of hydrogen-bond donors (Lipinski definition) is 5. The Bertz CT molecular complexity index is 292. The Morgan fingerprint density at radius 2 is 2.06 bits per heavy atom. The van der Waals surface area contributed by atoms with Crippen LogP contribution in [0.4, 0.5) is 0 Å². The molecule has 1 aliphatic heterocycles. The Hall–Kier alpha value is -0.730. The van der Waals surface area contributed by atoms with Gasteiger partial charge in [0.1, 0.15) is 24.4 Å². The minimum Gasteiger partial charge on any atom is -0.394 e. The number of amides is 1. The molecule has 0 aromatic heterocycles. The summed E-state index contributed by atoms with van der Waals surface area (Å²) in [4.78, 5) is 11.5. The van der Waals surface area contributed by atoms with Crippen LogP contribution >= 0.6 is 0 Å². The van der Waals surface area contributed by atoms with Gasteiger partial charge in [0.15, 0.2) is 7.70 Å². The maximum Gasteiger partial charge on any atom is 0.220 e. The van der Waals surface area contributed by atoms with E-state index < -0.39 is 43.2 Å². The molecule has 1 saturated heterocycles. The summed E-state index contributed by atoms with van der Waals surface area (Å²) in [6, 6.07) is -1.37. The van der Waals surface area contributed by atoms with Crippen LogP contribution in [0.2, 0.25) is 1.41 Å². The first kappa shape index (κ1) is 12.7. The van der Waals surface area contributed by atoms with Crippen molar-refractivity contribution in [3.05, 3.63) is 0 Å². The maximum atomic E-state index is 11.5. The summed E-state index contributed by atoms with van der Waals surface area (Å²) >= 11 is 0. The average molecular weight is 250 g/mol. The minimum atomic E-state index is -1.63. The Morgan fingerprint density at radius 1 is 1.41 bits per heavy atom. The third-order valence-corrected chi connectivity index (χ3v) is 2.62. The molecule has 5 atom stereocenters. The summed E-state index contributed by atoms with van der Waals surface area (Å²) in [5.41, 5.74) is 0. The van der Waals surface area contributed by atoms with Crippen LogP contribution < -0.4 is 5.31 Å². The predicted octanol–water partition coefficient (Wildman–Crippen LogP) is -2.30. The highest BCUT2D eigenvalue weighted by Crippen LogP contribution is 2.19. The molecule has 7 nitrogen and oxygen atoms in total. The smallest absolute Gasteiger partial charge is 0.220 e. The van der Waals surface area contributed by atoms with Crippen LogP contribution in [-0.2, 0) is 9.53 Å². The molecule has 1 fully saturated rings. The number of aliphatic hydroxyl groups is 4. The maximum absolute atomic E-state index is 11.5. The molecule has 17 heavy (non-hydrogen) atoms. The summed E-state index contributed by atoms with van der Waals surface area (Å²) in [7, 11) is 0. The number of hydrogen-bond acceptors (Lipinski definition) is 6. The van der Waals surface area contributed by atoms with E-state index in [1.54, 1.807) is 6.92 Å². The van der Waals surface area contributed by atoms with Crippen molar-refractivity contribution < 1.29 is 31.4 Å². The number of carbonyl (C=O) groups is 1. The standard InChI is InChI=1S/C10H19NO6/c1-2-3-6(13)11-7-9(15)8(14)5(4-12)17-10(7)16/h5,7-10,12,14-16H,2-4H2,1H3,(H,11,13)/t5-,7-,8-,9-,10?/m1/s1/i/hD. The van der Waals surface area contributed by atoms with Crippen LogP contribution in [0.15, 0.2) is 0 Å². The second-order valence-corrected chi connectivity index (χ2v) is 3.99. The molecular formula is C10H19NO6. The first-order valence-electron chi connectivity index (χ1n) is 6.00. The zero-order valence-corrected chi connectivity index (χ0v) is 9.56. The topological polar surface area (TPSA) is 119 Å². The molecule has 1 heterocycles. The Labute approximate surface area is 100 Å². The van der Waals surface area contributed by atoms with E-state index in [0.717, 1.165) is 0 Å². The van der Waals surface area contributed by atoms with Gasteiger partial charge in [0.2, 0.25) is 5.91 Å². The highest BCUT2D eigenvalue weighted by atomic mass is 16.6. The molecule has 1 amide bonds. The van der Waals surface area contributed by atoms with Crippen molar-refractivity contribution in [1.82, 2.24) is 5.31 Å². The first-order valence-corrected chi connectivity index (χ1v) is 5.55. The van der Waals surface area contributed by atoms with Crippen LogP contribution in [0.1, 0.15) is 19.8 Å². The molecule has 1 aliphatic rings. The number of nitrogens with one attached hydrogen (secondary N) is 1. The summed E-state index contributed by atoms with van der Waals surface area (Å²) in [5.74, 6) is -0.584. The van der Waals surface area contributed by atoms with E-state index in [1.807, 2.05) is 0 Å². The number of rotatable bonds is 4. The van der Waals surface area contributed by atoms with Crippen LogP contribution in [0, 0.1) is 0 Å². The lowest BCUT2D eigenvalue weighted by Gasteiger charge is -2.40. The quantitative estimate of drug-likeness (QED) is 0.383. The van der Waals surface area contributed by atoms with E-state index in [2.05, 4.69) is 0 Å². The molecule has 7 heteroatoms. The predicted molar refractivity (Wildman–Crippen MR) is 56.8 cm³/mol. The van der Waals surface area contributed by atoms with E-state index in [1.165, 1.54) is 0 Å². The summed E-state index contributed by atoms with van der Waals surface area (Å²) in [6.07, 6.45) is -5.16.